The van der Waals surface area contributed by atoms with E-state index in [2.05, 4.69) is 12.2 Å². The fraction of sp³-hybridized carbons (Fsp3) is 0.571. The molecule has 0 saturated heterocycles. The van der Waals surface area contributed by atoms with E-state index >= 15 is 0 Å². The summed E-state index contributed by atoms with van der Waals surface area (Å²) in [5, 5.41) is 3.61. The number of benzene rings is 1. The van der Waals surface area contributed by atoms with Crippen molar-refractivity contribution in [3.63, 3.8) is 0 Å². The number of likely N-dealkylation sites (N-methyl/N-ethyl adjacent to an activating group) is 1. The first-order valence-electron chi connectivity index (χ1n) is 6.43. The molecule has 0 aromatic heterocycles. The summed E-state index contributed by atoms with van der Waals surface area (Å²) in [6.07, 6.45) is 1.62. The Labute approximate surface area is 113 Å². The molecular weight excluding hydrogens is 253 g/mol. The molecule has 18 heavy (non-hydrogen) atoms. The van der Waals surface area contributed by atoms with E-state index in [0.717, 1.165) is 31.6 Å². The first-order valence-corrected chi connectivity index (χ1v) is 6.80. The highest BCUT2D eigenvalue weighted by Crippen LogP contribution is 2.21. The molecule has 0 heterocycles. The third-order valence-corrected chi connectivity index (χ3v) is 3.23. The van der Waals surface area contributed by atoms with Gasteiger partial charge >= 0.3 is 0 Å². The molecule has 0 fully saturated rings. The van der Waals surface area contributed by atoms with Crippen molar-refractivity contribution in [2.75, 3.05) is 19.8 Å². The molecule has 1 rings (SSSR count). The molecule has 1 aromatic rings. The Morgan fingerprint density at radius 2 is 2.17 bits per heavy atom. The van der Waals surface area contributed by atoms with E-state index in [9.17, 15) is 4.39 Å². The third kappa shape index (κ3) is 4.92. The zero-order valence-electron chi connectivity index (χ0n) is 11.0. The molecule has 0 aliphatic rings. The Kier molecular flexibility index (Phi) is 7.25. The van der Waals surface area contributed by atoms with Crippen molar-refractivity contribution in [2.24, 2.45) is 0 Å². The average molecular weight is 274 g/mol. The second kappa shape index (κ2) is 8.46. The Morgan fingerprint density at radius 1 is 1.39 bits per heavy atom. The molecule has 102 valence electrons. The maximum Gasteiger partial charge on any atom is 0.142 e. The zero-order chi connectivity index (χ0) is 13.4. The van der Waals surface area contributed by atoms with Crippen LogP contribution in [0.4, 0.5) is 4.39 Å². The lowest BCUT2D eigenvalue weighted by Crippen LogP contribution is -2.32. The lowest BCUT2D eigenvalue weighted by atomic mass is 10.0. The second-order valence-electron chi connectivity index (χ2n) is 4.16. The number of hydrogen-bond acceptors (Lipinski definition) is 2. The topological polar surface area (TPSA) is 21.3 Å². The van der Waals surface area contributed by atoms with E-state index in [1.807, 2.05) is 13.0 Å². The fourth-order valence-electron chi connectivity index (χ4n) is 1.91. The smallest absolute Gasteiger partial charge is 0.142 e. The Hall–Kier alpha value is -0.640. The van der Waals surface area contributed by atoms with E-state index in [-0.39, 0.29) is 16.9 Å². The highest BCUT2D eigenvalue weighted by molar-refractivity contribution is 6.31. The predicted molar refractivity (Wildman–Crippen MR) is 73.7 cm³/mol. The van der Waals surface area contributed by atoms with Gasteiger partial charge in [0.2, 0.25) is 0 Å². The van der Waals surface area contributed by atoms with Crippen LogP contribution in [0.15, 0.2) is 18.2 Å². The minimum absolute atomic E-state index is 0.233. The standard InChI is InChI=1S/C14H21ClFNO/c1-3-17-12(8-9-18-4-2)10-11-6-5-7-13(16)14(11)15/h5-7,12,17H,3-4,8-10H2,1-2H3. The lowest BCUT2D eigenvalue weighted by molar-refractivity contribution is 0.136. The molecular formula is C14H21ClFNO. The minimum Gasteiger partial charge on any atom is -0.382 e. The van der Waals surface area contributed by atoms with Gasteiger partial charge in [-0.3, -0.25) is 0 Å². The number of rotatable bonds is 8. The van der Waals surface area contributed by atoms with Crippen molar-refractivity contribution in [3.8, 4) is 0 Å². The maximum atomic E-state index is 13.3. The number of nitrogens with one attached hydrogen (secondary N) is 1. The molecule has 1 atom stereocenters. The summed E-state index contributed by atoms with van der Waals surface area (Å²) in [4.78, 5) is 0. The normalized spacial score (nSPS) is 12.7. The van der Waals surface area contributed by atoms with Gasteiger partial charge in [0.1, 0.15) is 5.82 Å². The molecule has 4 heteroatoms. The van der Waals surface area contributed by atoms with Gasteiger partial charge in [0.15, 0.2) is 0 Å². The van der Waals surface area contributed by atoms with Crippen molar-refractivity contribution in [1.82, 2.24) is 5.32 Å². The average Bonchev–Trinajstić information content (AvgIpc) is 2.35. The molecule has 1 N–H and O–H groups in total. The molecule has 0 saturated carbocycles. The van der Waals surface area contributed by atoms with Crippen molar-refractivity contribution in [1.29, 1.82) is 0 Å². The molecule has 0 radical (unpaired) electrons. The molecule has 1 aromatic carbocycles. The van der Waals surface area contributed by atoms with Crippen molar-refractivity contribution in [3.05, 3.63) is 34.6 Å². The van der Waals surface area contributed by atoms with Gasteiger partial charge in [0.25, 0.3) is 0 Å². The van der Waals surface area contributed by atoms with Crippen LogP contribution < -0.4 is 5.32 Å². The van der Waals surface area contributed by atoms with Crippen molar-refractivity contribution < 1.29 is 9.13 Å². The predicted octanol–water partition coefficient (Wildman–Crippen LogP) is 3.43. The summed E-state index contributed by atoms with van der Waals surface area (Å²) in [5.74, 6) is -0.353. The second-order valence-corrected chi connectivity index (χ2v) is 4.54. The van der Waals surface area contributed by atoms with E-state index in [4.69, 9.17) is 16.3 Å². The zero-order valence-corrected chi connectivity index (χ0v) is 11.8. The monoisotopic (exact) mass is 273 g/mol. The van der Waals surface area contributed by atoms with Gasteiger partial charge in [0.05, 0.1) is 5.02 Å². The first kappa shape index (κ1) is 15.4. The molecule has 0 aliphatic carbocycles. The summed E-state index contributed by atoms with van der Waals surface area (Å²) in [6.45, 7) is 6.34. The van der Waals surface area contributed by atoms with Gasteiger partial charge in [-0.25, -0.2) is 4.39 Å². The van der Waals surface area contributed by atoms with Crippen LogP contribution in [0.25, 0.3) is 0 Å². The van der Waals surface area contributed by atoms with Crippen LogP contribution in [0.5, 0.6) is 0 Å². The SMILES string of the molecule is CCNC(CCOCC)Cc1cccc(F)c1Cl. The highest BCUT2D eigenvalue weighted by atomic mass is 35.5. The van der Waals surface area contributed by atoms with Crippen molar-refractivity contribution >= 4 is 11.6 Å². The van der Waals surface area contributed by atoms with Crippen LogP contribution in [-0.4, -0.2) is 25.8 Å². The van der Waals surface area contributed by atoms with Crippen LogP contribution in [0, 0.1) is 5.82 Å². The summed E-state index contributed by atoms with van der Waals surface area (Å²) >= 11 is 5.96. The van der Waals surface area contributed by atoms with Crippen LogP contribution in [-0.2, 0) is 11.2 Å². The van der Waals surface area contributed by atoms with Gasteiger partial charge in [-0.05, 0) is 37.9 Å². The summed E-state index contributed by atoms with van der Waals surface area (Å²) < 4.78 is 18.7. The molecule has 1 unspecified atom stereocenters. The minimum atomic E-state index is -0.353. The quantitative estimate of drug-likeness (QED) is 0.733. The Morgan fingerprint density at radius 3 is 2.83 bits per heavy atom. The lowest BCUT2D eigenvalue weighted by Gasteiger charge is -2.18. The van der Waals surface area contributed by atoms with Gasteiger partial charge in [0, 0.05) is 19.3 Å². The fourth-order valence-corrected chi connectivity index (χ4v) is 2.11. The number of hydrogen-bond donors (Lipinski definition) is 1. The van der Waals surface area contributed by atoms with Gasteiger partial charge in [-0.1, -0.05) is 30.7 Å². The van der Waals surface area contributed by atoms with E-state index in [1.54, 1.807) is 6.07 Å². The molecule has 0 spiro atoms. The van der Waals surface area contributed by atoms with Crippen molar-refractivity contribution in [2.45, 2.75) is 32.7 Å². The van der Waals surface area contributed by atoms with E-state index in [1.165, 1.54) is 6.07 Å². The number of halogens is 2. The van der Waals surface area contributed by atoms with Crippen LogP contribution >= 0.6 is 11.6 Å². The van der Waals surface area contributed by atoms with Crippen LogP contribution in [0.1, 0.15) is 25.8 Å². The number of ether oxygens (including phenoxy) is 1. The molecule has 0 amide bonds. The molecule has 2 nitrogen and oxygen atoms in total. The summed E-state index contributed by atoms with van der Waals surface area (Å²) in [5.41, 5.74) is 0.846. The van der Waals surface area contributed by atoms with Gasteiger partial charge in [-0.2, -0.15) is 0 Å². The van der Waals surface area contributed by atoms with Crippen LogP contribution in [0.3, 0.4) is 0 Å². The van der Waals surface area contributed by atoms with E-state index < -0.39 is 0 Å². The third-order valence-electron chi connectivity index (χ3n) is 2.81. The van der Waals surface area contributed by atoms with E-state index in [0.29, 0.717) is 6.61 Å². The first-order chi connectivity index (χ1) is 8.69. The maximum absolute atomic E-state index is 13.3. The largest absolute Gasteiger partial charge is 0.382 e. The summed E-state index contributed by atoms with van der Waals surface area (Å²) in [6, 6.07) is 5.22. The summed E-state index contributed by atoms with van der Waals surface area (Å²) in [7, 11) is 0. The van der Waals surface area contributed by atoms with Crippen LogP contribution in [0.2, 0.25) is 5.02 Å². The molecule has 0 bridgehead atoms. The Bertz CT molecular complexity index is 360. The van der Waals surface area contributed by atoms with Gasteiger partial charge in [-0.15, -0.1) is 0 Å². The van der Waals surface area contributed by atoms with Gasteiger partial charge < -0.3 is 10.1 Å². The highest BCUT2D eigenvalue weighted by Gasteiger charge is 2.12. The Balaban J connectivity index is 2.61. The molecule has 0 aliphatic heterocycles.